The SMILES string of the molecule is O=C(O)CC(NS(=O)(=O)NC1CC1)C1CC1. The summed E-state index contributed by atoms with van der Waals surface area (Å²) in [5, 5.41) is 8.70. The molecule has 0 aromatic rings. The molecule has 0 bridgehead atoms. The van der Waals surface area contributed by atoms with Gasteiger partial charge in [-0.3, -0.25) is 4.79 Å². The van der Waals surface area contributed by atoms with E-state index >= 15 is 0 Å². The lowest BCUT2D eigenvalue weighted by Gasteiger charge is -2.16. The van der Waals surface area contributed by atoms with Crippen LogP contribution >= 0.6 is 0 Å². The van der Waals surface area contributed by atoms with Crippen LogP contribution in [0.1, 0.15) is 32.1 Å². The first-order chi connectivity index (χ1) is 7.46. The van der Waals surface area contributed by atoms with Crippen LogP contribution in [0.4, 0.5) is 0 Å². The second kappa shape index (κ2) is 4.31. The standard InChI is InChI=1S/C9H16N2O4S/c12-9(13)5-8(6-1-2-6)11-16(14,15)10-7-3-4-7/h6-8,10-11H,1-5H2,(H,12,13). The summed E-state index contributed by atoms with van der Waals surface area (Å²) in [6.07, 6.45) is 3.41. The van der Waals surface area contributed by atoms with Crippen LogP contribution in [0.2, 0.25) is 0 Å². The molecule has 0 saturated heterocycles. The molecule has 0 spiro atoms. The third-order valence-corrected chi connectivity index (χ3v) is 4.05. The zero-order chi connectivity index (χ0) is 11.8. The van der Waals surface area contributed by atoms with Crippen LogP contribution in [0.25, 0.3) is 0 Å². The lowest BCUT2D eigenvalue weighted by molar-refractivity contribution is -0.137. The quantitative estimate of drug-likeness (QED) is 0.582. The van der Waals surface area contributed by atoms with Crippen molar-refractivity contribution in [2.24, 2.45) is 5.92 Å². The monoisotopic (exact) mass is 248 g/mol. The molecule has 2 rings (SSSR count). The van der Waals surface area contributed by atoms with E-state index in [1.165, 1.54) is 0 Å². The summed E-state index contributed by atoms with van der Waals surface area (Å²) >= 11 is 0. The number of nitrogens with one attached hydrogen (secondary N) is 2. The van der Waals surface area contributed by atoms with Crippen molar-refractivity contribution < 1.29 is 18.3 Å². The summed E-state index contributed by atoms with van der Waals surface area (Å²) < 4.78 is 28.1. The van der Waals surface area contributed by atoms with Crippen molar-refractivity contribution in [1.82, 2.24) is 9.44 Å². The van der Waals surface area contributed by atoms with Gasteiger partial charge in [0.15, 0.2) is 0 Å². The number of hydrogen-bond donors (Lipinski definition) is 3. The maximum Gasteiger partial charge on any atom is 0.304 e. The van der Waals surface area contributed by atoms with Gasteiger partial charge in [-0.15, -0.1) is 0 Å². The average Bonchev–Trinajstić information content (AvgIpc) is 2.95. The van der Waals surface area contributed by atoms with Gasteiger partial charge in [-0.1, -0.05) is 0 Å². The van der Waals surface area contributed by atoms with E-state index in [0.29, 0.717) is 0 Å². The fourth-order valence-electron chi connectivity index (χ4n) is 1.65. The molecule has 2 aliphatic carbocycles. The van der Waals surface area contributed by atoms with Crippen molar-refractivity contribution in [2.75, 3.05) is 0 Å². The van der Waals surface area contributed by atoms with Crippen molar-refractivity contribution >= 4 is 16.2 Å². The largest absolute Gasteiger partial charge is 0.481 e. The molecular weight excluding hydrogens is 232 g/mol. The molecule has 2 saturated carbocycles. The first-order valence-corrected chi connectivity index (χ1v) is 6.96. The van der Waals surface area contributed by atoms with Crippen LogP contribution in [0.3, 0.4) is 0 Å². The minimum atomic E-state index is -3.53. The minimum absolute atomic E-state index is 0.0437. The molecule has 0 aromatic carbocycles. The fraction of sp³-hybridized carbons (Fsp3) is 0.889. The summed E-state index contributed by atoms with van der Waals surface area (Å²) in [5.41, 5.74) is 0. The van der Waals surface area contributed by atoms with Crippen LogP contribution in [0, 0.1) is 5.92 Å². The molecule has 3 N–H and O–H groups in total. The number of carboxylic acid groups (broad SMARTS) is 1. The highest BCUT2D eigenvalue weighted by atomic mass is 32.2. The molecule has 2 fully saturated rings. The van der Waals surface area contributed by atoms with Gasteiger partial charge in [-0.25, -0.2) is 0 Å². The van der Waals surface area contributed by atoms with Crippen LogP contribution in [0.15, 0.2) is 0 Å². The van der Waals surface area contributed by atoms with E-state index in [1.807, 2.05) is 0 Å². The molecule has 0 radical (unpaired) electrons. The Bertz CT molecular complexity index is 373. The summed E-state index contributed by atoms with van der Waals surface area (Å²) in [7, 11) is -3.53. The maximum atomic E-state index is 11.6. The lowest BCUT2D eigenvalue weighted by atomic mass is 10.1. The summed E-state index contributed by atoms with van der Waals surface area (Å²) in [5.74, 6) is -0.780. The van der Waals surface area contributed by atoms with Crippen molar-refractivity contribution in [3.8, 4) is 0 Å². The summed E-state index contributed by atoms with van der Waals surface area (Å²) in [6.45, 7) is 0. The van der Waals surface area contributed by atoms with Gasteiger partial charge in [0.25, 0.3) is 10.2 Å². The molecule has 0 aliphatic heterocycles. The van der Waals surface area contributed by atoms with Crippen LogP contribution < -0.4 is 9.44 Å². The predicted octanol–water partition coefficient (Wildman–Crippen LogP) is -0.174. The summed E-state index contributed by atoms with van der Waals surface area (Å²) in [6, 6.07) is -0.420. The van der Waals surface area contributed by atoms with E-state index in [2.05, 4.69) is 9.44 Å². The second-order valence-corrected chi connectivity index (χ2v) is 6.03. The van der Waals surface area contributed by atoms with Gasteiger partial charge in [0.1, 0.15) is 0 Å². The number of aliphatic carboxylic acids is 1. The second-order valence-electron chi connectivity index (χ2n) is 4.56. The van der Waals surface area contributed by atoms with Crippen LogP contribution in [-0.2, 0) is 15.0 Å². The van der Waals surface area contributed by atoms with Crippen LogP contribution in [-0.4, -0.2) is 31.6 Å². The topological polar surface area (TPSA) is 95.5 Å². The Kier molecular flexibility index (Phi) is 3.18. The Morgan fingerprint density at radius 3 is 2.38 bits per heavy atom. The van der Waals surface area contributed by atoms with E-state index in [1.54, 1.807) is 0 Å². The minimum Gasteiger partial charge on any atom is -0.481 e. The van der Waals surface area contributed by atoms with Gasteiger partial charge in [0, 0.05) is 12.1 Å². The average molecular weight is 248 g/mol. The smallest absolute Gasteiger partial charge is 0.304 e. The zero-order valence-corrected chi connectivity index (χ0v) is 9.66. The normalized spacial score (nSPS) is 23.0. The van der Waals surface area contributed by atoms with E-state index in [0.717, 1.165) is 25.7 Å². The Labute approximate surface area is 94.6 Å². The van der Waals surface area contributed by atoms with Crippen molar-refractivity contribution in [3.63, 3.8) is 0 Å². The lowest BCUT2D eigenvalue weighted by Crippen LogP contribution is -2.45. The predicted molar refractivity (Wildman–Crippen MR) is 57.0 cm³/mol. The van der Waals surface area contributed by atoms with Gasteiger partial charge in [-0.05, 0) is 31.6 Å². The molecule has 16 heavy (non-hydrogen) atoms. The Hall–Kier alpha value is -0.660. The molecule has 2 aliphatic rings. The molecule has 0 heterocycles. The first-order valence-electron chi connectivity index (χ1n) is 5.47. The van der Waals surface area contributed by atoms with Crippen LogP contribution in [0.5, 0.6) is 0 Å². The first kappa shape index (κ1) is 11.8. The molecule has 7 heteroatoms. The highest BCUT2D eigenvalue weighted by Gasteiger charge is 2.36. The van der Waals surface area contributed by atoms with Gasteiger partial charge in [0.05, 0.1) is 6.42 Å². The highest BCUT2D eigenvalue weighted by Crippen LogP contribution is 2.34. The zero-order valence-electron chi connectivity index (χ0n) is 8.85. The molecule has 0 amide bonds. The van der Waals surface area contributed by atoms with Crippen molar-refractivity contribution in [3.05, 3.63) is 0 Å². The fourth-order valence-corrected chi connectivity index (χ4v) is 3.06. The third kappa shape index (κ3) is 3.73. The van der Waals surface area contributed by atoms with E-state index < -0.39 is 22.2 Å². The number of hydrogen-bond acceptors (Lipinski definition) is 3. The van der Waals surface area contributed by atoms with Gasteiger partial charge >= 0.3 is 5.97 Å². The molecular formula is C9H16N2O4S. The number of rotatable bonds is 7. The number of carbonyl (C=O) groups is 1. The molecule has 0 aromatic heterocycles. The number of carboxylic acids is 1. The van der Waals surface area contributed by atoms with E-state index in [-0.39, 0.29) is 18.4 Å². The highest BCUT2D eigenvalue weighted by molar-refractivity contribution is 7.87. The maximum absolute atomic E-state index is 11.6. The Morgan fingerprint density at radius 1 is 1.31 bits per heavy atom. The van der Waals surface area contributed by atoms with Crippen molar-refractivity contribution in [1.29, 1.82) is 0 Å². The molecule has 6 nitrogen and oxygen atoms in total. The molecule has 1 atom stereocenters. The summed E-state index contributed by atoms with van der Waals surface area (Å²) in [4.78, 5) is 10.6. The van der Waals surface area contributed by atoms with Gasteiger partial charge < -0.3 is 5.11 Å². The van der Waals surface area contributed by atoms with Gasteiger partial charge in [0.2, 0.25) is 0 Å². The Morgan fingerprint density at radius 2 is 1.94 bits per heavy atom. The molecule has 1 unspecified atom stereocenters. The van der Waals surface area contributed by atoms with E-state index in [4.69, 9.17) is 5.11 Å². The Balaban J connectivity index is 1.90. The third-order valence-electron chi connectivity index (χ3n) is 2.79. The van der Waals surface area contributed by atoms with Crippen molar-refractivity contribution in [2.45, 2.75) is 44.2 Å². The van der Waals surface area contributed by atoms with Gasteiger partial charge in [-0.2, -0.15) is 17.9 Å². The molecule has 92 valence electrons. The van der Waals surface area contributed by atoms with E-state index in [9.17, 15) is 13.2 Å².